The van der Waals surface area contributed by atoms with Crippen molar-refractivity contribution >= 4 is 5.91 Å². The Kier molecular flexibility index (Phi) is 4.58. The number of carbonyl (C=O) groups is 1. The highest BCUT2D eigenvalue weighted by molar-refractivity contribution is 5.95. The minimum Gasteiger partial charge on any atom is -0.381 e. The van der Waals surface area contributed by atoms with E-state index >= 15 is 0 Å². The summed E-state index contributed by atoms with van der Waals surface area (Å²) in [4.78, 5) is 12.5. The normalized spacial score (nSPS) is 16.8. The highest BCUT2D eigenvalue weighted by atomic mass is 19.1. The third-order valence-electron chi connectivity index (χ3n) is 4.04. The first-order valence-corrected chi connectivity index (χ1v) is 7.66. The summed E-state index contributed by atoms with van der Waals surface area (Å²) in [5.41, 5.74) is 1.78. The maximum Gasteiger partial charge on any atom is 0.255 e. The standard InChI is InChI=1S/C17H17FN4O2/c1-22-9-14(16(21-22)13-4-5-24-10-13)17(23)20-8-12-3-2-11(7-19)6-15(12)18/h2-3,6,9,13H,4-5,8,10H2,1H3,(H,20,23). The second-order valence-electron chi connectivity index (χ2n) is 5.76. The van der Waals surface area contributed by atoms with Crippen molar-refractivity contribution in [3.63, 3.8) is 0 Å². The van der Waals surface area contributed by atoms with E-state index in [1.807, 2.05) is 6.07 Å². The molecule has 1 unspecified atom stereocenters. The number of rotatable bonds is 4. The van der Waals surface area contributed by atoms with Crippen LogP contribution in [0.4, 0.5) is 4.39 Å². The van der Waals surface area contributed by atoms with Crippen molar-refractivity contribution in [2.45, 2.75) is 18.9 Å². The average Bonchev–Trinajstić information content (AvgIpc) is 3.22. The van der Waals surface area contributed by atoms with Crippen molar-refractivity contribution in [1.82, 2.24) is 15.1 Å². The van der Waals surface area contributed by atoms with Crippen LogP contribution in [0, 0.1) is 17.1 Å². The lowest BCUT2D eigenvalue weighted by Gasteiger charge is -2.09. The fourth-order valence-corrected chi connectivity index (χ4v) is 2.76. The Hall–Kier alpha value is -2.72. The third kappa shape index (κ3) is 3.29. The van der Waals surface area contributed by atoms with Crippen molar-refractivity contribution in [2.75, 3.05) is 13.2 Å². The SMILES string of the molecule is Cn1cc(C(=O)NCc2ccc(C#N)cc2F)c(C2CCOC2)n1. The summed E-state index contributed by atoms with van der Waals surface area (Å²) in [7, 11) is 1.76. The molecular weight excluding hydrogens is 311 g/mol. The van der Waals surface area contributed by atoms with Gasteiger partial charge in [-0.3, -0.25) is 9.48 Å². The topological polar surface area (TPSA) is 79.9 Å². The van der Waals surface area contributed by atoms with Crippen LogP contribution in [0.5, 0.6) is 0 Å². The smallest absolute Gasteiger partial charge is 0.255 e. The number of carbonyl (C=O) groups excluding carboxylic acids is 1. The van der Waals surface area contributed by atoms with E-state index in [0.717, 1.165) is 12.5 Å². The summed E-state index contributed by atoms with van der Waals surface area (Å²) in [5.74, 6) is -0.697. The lowest BCUT2D eigenvalue weighted by molar-refractivity contribution is 0.0949. The number of hydrogen-bond acceptors (Lipinski definition) is 4. The van der Waals surface area contributed by atoms with Gasteiger partial charge in [-0.1, -0.05) is 6.07 Å². The van der Waals surface area contributed by atoms with Gasteiger partial charge in [0, 0.05) is 37.9 Å². The summed E-state index contributed by atoms with van der Waals surface area (Å²) < 4.78 is 20.9. The van der Waals surface area contributed by atoms with Gasteiger partial charge in [0.1, 0.15) is 5.82 Å². The molecule has 2 aromatic rings. The number of amides is 1. The van der Waals surface area contributed by atoms with Crippen LogP contribution in [0.3, 0.4) is 0 Å². The summed E-state index contributed by atoms with van der Waals surface area (Å²) >= 11 is 0. The molecule has 124 valence electrons. The summed E-state index contributed by atoms with van der Waals surface area (Å²) in [5, 5.41) is 15.8. The van der Waals surface area contributed by atoms with Crippen LogP contribution >= 0.6 is 0 Å². The lowest BCUT2D eigenvalue weighted by atomic mass is 10.0. The van der Waals surface area contributed by atoms with E-state index in [9.17, 15) is 9.18 Å². The Morgan fingerprint density at radius 3 is 3.08 bits per heavy atom. The molecule has 24 heavy (non-hydrogen) atoms. The molecule has 1 N–H and O–H groups in total. The van der Waals surface area contributed by atoms with E-state index in [0.29, 0.717) is 30.0 Å². The number of aromatic nitrogens is 2. The zero-order valence-electron chi connectivity index (χ0n) is 13.3. The molecule has 0 spiro atoms. The van der Waals surface area contributed by atoms with Gasteiger partial charge in [0.15, 0.2) is 0 Å². The summed E-state index contributed by atoms with van der Waals surface area (Å²) in [6.45, 7) is 1.27. The predicted molar refractivity (Wildman–Crippen MR) is 83.7 cm³/mol. The molecule has 1 fully saturated rings. The number of aryl methyl sites for hydroxylation is 1. The number of nitrogens with one attached hydrogen (secondary N) is 1. The molecule has 1 aliphatic heterocycles. The molecule has 1 aromatic heterocycles. The minimum atomic E-state index is -0.509. The van der Waals surface area contributed by atoms with Crippen LogP contribution in [-0.2, 0) is 18.3 Å². The van der Waals surface area contributed by atoms with Crippen molar-refractivity contribution < 1.29 is 13.9 Å². The van der Waals surface area contributed by atoms with Gasteiger partial charge in [-0.25, -0.2) is 4.39 Å². The molecule has 6 nitrogen and oxygen atoms in total. The Labute approximate surface area is 138 Å². The molecule has 7 heteroatoms. The second kappa shape index (κ2) is 6.81. The van der Waals surface area contributed by atoms with Crippen LogP contribution < -0.4 is 5.32 Å². The van der Waals surface area contributed by atoms with Crippen molar-refractivity contribution in [3.05, 3.63) is 52.6 Å². The minimum absolute atomic E-state index is 0.0475. The lowest BCUT2D eigenvalue weighted by Crippen LogP contribution is -2.24. The maximum absolute atomic E-state index is 13.9. The van der Waals surface area contributed by atoms with Crippen LogP contribution in [0.25, 0.3) is 0 Å². The molecular formula is C17H17FN4O2. The third-order valence-corrected chi connectivity index (χ3v) is 4.04. The number of nitriles is 1. The molecule has 1 saturated heterocycles. The number of nitrogens with zero attached hydrogens (tertiary/aromatic N) is 3. The molecule has 2 heterocycles. The van der Waals surface area contributed by atoms with E-state index in [-0.39, 0.29) is 23.9 Å². The number of hydrogen-bond donors (Lipinski definition) is 1. The Morgan fingerprint density at radius 2 is 2.42 bits per heavy atom. The molecule has 1 atom stereocenters. The molecule has 1 amide bonds. The fourth-order valence-electron chi connectivity index (χ4n) is 2.76. The number of ether oxygens (including phenoxy) is 1. The van der Waals surface area contributed by atoms with Crippen molar-refractivity contribution in [3.8, 4) is 6.07 Å². The summed E-state index contributed by atoms with van der Waals surface area (Å²) in [6.07, 6.45) is 2.50. The van der Waals surface area contributed by atoms with Crippen LogP contribution in [0.1, 0.15) is 39.5 Å². The van der Waals surface area contributed by atoms with Crippen LogP contribution in [-0.4, -0.2) is 28.9 Å². The zero-order valence-corrected chi connectivity index (χ0v) is 13.3. The Bertz CT molecular complexity index is 803. The quantitative estimate of drug-likeness (QED) is 0.929. The molecule has 0 bridgehead atoms. The van der Waals surface area contributed by atoms with Crippen molar-refractivity contribution in [2.24, 2.45) is 7.05 Å². The van der Waals surface area contributed by atoms with Gasteiger partial charge in [-0.2, -0.15) is 10.4 Å². The van der Waals surface area contributed by atoms with Crippen LogP contribution in [0.15, 0.2) is 24.4 Å². The molecule has 1 aliphatic rings. The highest BCUT2D eigenvalue weighted by Gasteiger charge is 2.26. The first-order valence-electron chi connectivity index (χ1n) is 7.66. The first-order chi connectivity index (χ1) is 11.6. The molecule has 1 aromatic carbocycles. The van der Waals surface area contributed by atoms with Crippen LogP contribution in [0.2, 0.25) is 0 Å². The van der Waals surface area contributed by atoms with Gasteiger partial charge in [-0.05, 0) is 18.6 Å². The summed E-state index contributed by atoms with van der Waals surface area (Å²) in [6, 6.07) is 6.06. The van der Waals surface area contributed by atoms with Gasteiger partial charge in [0.25, 0.3) is 5.91 Å². The van der Waals surface area contributed by atoms with E-state index < -0.39 is 5.82 Å². The molecule has 0 saturated carbocycles. The molecule has 3 rings (SSSR count). The fraction of sp³-hybridized carbons (Fsp3) is 0.353. The Morgan fingerprint density at radius 1 is 1.58 bits per heavy atom. The maximum atomic E-state index is 13.9. The number of benzene rings is 1. The van der Waals surface area contributed by atoms with Crippen molar-refractivity contribution in [1.29, 1.82) is 5.26 Å². The van der Waals surface area contributed by atoms with E-state index in [4.69, 9.17) is 10.00 Å². The highest BCUT2D eigenvalue weighted by Crippen LogP contribution is 2.26. The first kappa shape index (κ1) is 16.1. The van der Waals surface area contributed by atoms with E-state index in [1.165, 1.54) is 12.1 Å². The Balaban J connectivity index is 1.73. The molecule has 0 radical (unpaired) electrons. The van der Waals surface area contributed by atoms with Gasteiger partial charge in [0.2, 0.25) is 0 Å². The monoisotopic (exact) mass is 328 g/mol. The van der Waals surface area contributed by atoms with Gasteiger partial charge in [-0.15, -0.1) is 0 Å². The predicted octanol–water partition coefficient (Wildman–Crippen LogP) is 1.86. The largest absolute Gasteiger partial charge is 0.381 e. The van der Waals surface area contributed by atoms with Gasteiger partial charge in [0.05, 0.1) is 29.5 Å². The van der Waals surface area contributed by atoms with Gasteiger partial charge < -0.3 is 10.1 Å². The zero-order chi connectivity index (χ0) is 17.1. The second-order valence-corrected chi connectivity index (χ2v) is 5.76. The van der Waals surface area contributed by atoms with Gasteiger partial charge >= 0.3 is 0 Å². The molecule has 0 aliphatic carbocycles. The van der Waals surface area contributed by atoms with E-state index in [2.05, 4.69) is 10.4 Å². The average molecular weight is 328 g/mol. The number of halogens is 1. The van der Waals surface area contributed by atoms with E-state index in [1.54, 1.807) is 17.9 Å².